The first-order chi connectivity index (χ1) is 14.1. The maximum absolute atomic E-state index is 12.6. The van der Waals surface area contributed by atoms with Gasteiger partial charge in [-0.25, -0.2) is 4.79 Å². The maximum Gasteiger partial charge on any atom is 0.319 e. The molecule has 2 heterocycles. The number of hydrogen-bond acceptors (Lipinski definition) is 5. The van der Waals surface area contributed by atoms with Crippen LogP contribution in [0.25, 0.3) is 0 Å². The zero-order valence-corrected chi connectivity index (χ0v) is 19.1. The number of piperidine rings is 1. The fraction of sp³-hybridized carbons (Fsp3) is 0.810. The number of nitrogens with one attached hydrogen (secondary N) is 1. The van der Waals surface area contributed by atoms with Gasteiger partial charge in [0, 0.05) is 38.5 Å². The predicted molar refractivity (Wildman–Crippen MR) is 118 cm³/mol. The fourth-order valence-corrected chi connectivity index (χ4v) is 4.48. The van der Waals surface area contributed by atoms with Crippen LogP contribution in [0.3, 0.4) is 0 Å². The zero-order valence-electron chi connectivity index (χ0n) is 18.3. The van der Waals surface area contributed by atoms with Gasteiger partial charge in [0.1, 0.15) is 5.01 Å². The van der Waals surface area contributed by atoms with E-state index in [0.29, 0.717) is 44.2 Å². The van der Waals surface area contributed by atoms with Crippen LogP contribution in [0.4, 0.5) is 9.93 Å². The summed E-state index contributed by atoms with van der Waals surface area (Å²) in [4.78, 5) is 28.7. The second-order valence-electron chi connectivity index (χ2n) is 7.72. The average Bonchev–Trinajstić information content (AvgIpc) is 3.18. The number of nitrogens with zero attached hydrogens (tertiary/aromatic N) is 4. The molecule has 1 saturated heterocycles. The summed E-state index contributed by atoms with van der Waals surface area (Å²) in [6, 6.07) is 0.0808. The minimum atomic E-state index is -0.0679. The van der Waals surface area contributed by atoms with Crippen LogP contribution >= 0.6 is 11.3 Å². The van der Waals surface area contributed by atoms with Crippen LogP contribution in [0.15, 0.2) is 0 Å². The fourth-order valence-electron chi connectivity index (χ4n) is 3.70. The van der Waals surface area contributed by atoms with E-state index in [4.69, 9.17) is 0 Å². The molecule has 2 rings (SSSR count). The Morgan fingerprint density at radius 3 is 2.34 bits per heavy atom. The Hall–Kier alpha value is -1.70. The van der Waals surface area contributed by atoms with Crippen molar-refractivity contribution in [1.29, 1.82) is 0 Å². The lowest BCUT2D eigenvalue weighted by Crippen LogP contribution is -2.47. The predicted octanol–water partition coefficient (Wildman–Crippen LogP) is 4.55. The van der Waals surface area contributed by atoms with E-state index >= 15 is 0 Å². The molecular formula is C21H37N5O2S. The molecule has 1 aromatic heterocycles. The van der Waals surface area contributed by atoms with Crippen molar-refractivity contribution >= 4 is 28.4 Å². The third kappa shape index (κ3) is 7.57. The van der Waals surface area contributed by atoms with Gasteiger partial charge in [0.05, 0.1) is 0 Å². The number of anilines is 1. The Balaban J connectivity index is 1.70. The van der Waals surface area contributed by atoms with Gasteiger partial charge in [-0.2, -0.15) is 0 Å². The number of amides is 3. The number of aryl methyl sites for hydroxylation is 1. The van der Waals surface area contributed by atoms with Crippen molar-refractivity contribution < 1.29 is 9.59 Å². The Labute approximate surface area is 179 Å². The van der Waals surface area contributed by atoms with E-state index in [9.17, 15) is 9.59 Å². The summed E-state index contributed by atoms with van der Waals surface area (Å²) < 4.78 is 0. The number of carbonyl (C=O) groups is 2. The molecule has 0 radical (unpaired) electrons. The molecule has 0 spiro atoms. The van der Waals surface area contributed by atoms with Gasteiger partial charge < -0.3 is 15.1 Å². The van der Waals surface area contributed by atoms with Crippen molar-refractivity contribution in [1.82, 2.24) is 20.0 Å². The van der Waals surface area contributed by atoms with E-state index in [-0.39, 0.29) is 17.9 Å². The van der Waals surface area contributed by atoms with Crippen LogP contribution in [0, 0.1) is 5.92 Å². The molecule has 0 atom stereocenters. The zero-order chi connectivity index (χ0) is 21.1. The van der Waals surface area contributed by atoms with Crippen LogP contribution in [-0.4, -0.2) is 58.1 Å². The first-order valence-corrected chi connectivity index (χ1v) is 12.1. The Kier molecular flexibility index (Phi) is 10.4. The third-order valence-electron chi connectivity index (χ3n) is 5.61. The standard InChI is InChI=1S/C21H37N5O2S/c1-4-7-8-9-10-11-12-18-23-24-20(29-18)22-19(27)17-13-15-26(16-14-17)21(28)25(5-2)6-3/h17H,4-16H2,1-3H3,(H,22,24,27). The molecule has 0 bridgehead atoms. The lowest BCUT2D eigenvalue weighted by atomic mass is 9.96. The number of aromatic nitrogens is 2. The van der Waals surface area contributed by atoms with E-state index in [1.54, 1.807) is 0 Å². The molecular weight excluding hydrogens is 386 g/mol. The molecule has 1 aromatic rings. The number of likely N-dealkylation sites (tertiary alicyclic amines) is 1. The van der Waals surface area contributed by atoms with E-state index in [2.05, 4.69) is 22.4 Å². The SMILES string of the molecule is CCCCCCCCc1nnc(NC(=O)C2CCN(C(=O)N(CC)CC)CC2)s1. The minimum Gasteiger partial charge on any atom is -0.325 e. The molecule has 164 valence electrons. The monoisotopic (exact) mass is 423 g/mol. The Bertz CT molecular complexity index is 624. The lowest BCUT2D eigenvalue weighted by Gasteiger charge is -2.34. The Morgan fingerprint density at radius 1 is 1.03 bits per heavy atom. The molecule has 7 nitrogen and oxygen atoms in total. The van der Waals surface area contributed by atoms with Gasteiger partial charge in [-0.05, 0) is 33.1 Å². The molecule has 0 saturated carbocycles. The van der Waals surface area contributed by atoms with Gasteiger partial charge in [0.2, 0.25) is 11.0 Å². The van der Waals surface area contributed by atoms with Crippen LogP contribution in [-0.2, 0) is 11.2 Å². The van der Waals surface area contributed by atoms with Crippen molar-refractivity contribution in [3.05, 3.63) is 5.01 Å². The number of rotatable bonds is 11. The molecule has 1 fully saturated rings. The van der Waals surface area contributed by atoms with E-state index < -0.39 is 0 Å². The highest BCUT2D eigenvalue weighted by Crippen LogP contribution is 2.23. The maximum atomic E-state index is 12.6. The molecule has 0 aliphatic carbocycles. The molecule has 1 N–H and O–H groups in total. The third-order valence-corrected chi connectivity index (χ3v) is 6.51. The van der Waals surface area contributed by atoms with E-state index in [1.807, 2.05) is 23.6 Å². The summed E-state index contributed by atoms with van der Waals surface area (Å²) in [5.74, 6) is -0.0659. The highest BCUT2D eigenvalue weighted by molar-refractivity contribution is 7.15. The molecule has 0 unspecified atom stereocenters. The minimum absolute atomic E-state index is 0.00204. The quantitative estimate of drug-likeness (QED) is 0.530. The van der Waals surface area contributed by atoms with Crippen molar-refractivity contribution in [2.75, 3.05) is 31.5 Å². The number of carbonyl (C=O) groups excluding carboxylic acids is 2. The summed E-state index contributed by atoms with van der Waals surface area (Å²) in [6.45, 7) is 8.91. The summed E-state index contributed by atoms with van der Waals surface area (Å²) in [7, 11) is 0. The smallest absolute Gasteiger partial charge is 0.319 e. The first-order valence-electron chi connectivity index (χ1n) is 11.3. The van der Waals surface area contributed by atoms with Crippen molar-refractivity contribution in [3.63, 3.8) is 0 Å². The largest absolute Gasteiger partial charge is 0.325 e. The van der Waals surface area contributed by atoms with Gasteiger partial charge in [-0.3, -0.25) is 4.79 Å². The number of urea groups is 1. The topological polar surface area (TPSA) is 78.4 Å². The molecule has 1 aliphatic heterocycles. The van der Waals surface area contributed by atoms with Crippen LogP contribution in [0.2, 0.25) is 0 Å². The first kappa shape index (κ1) is 23.6. The Morgan fingerprint density at radius 2 is 1.69 bits per heavy atom. The summed E-state index contributed by atoms with van der Waals surface area (Å²) >= 11 is 1.48. The summed E-state index contributed by atoms with van der Waals surface area (Å²) in [5, 5.41) is 12.9. The summed E-state index contributed by atoms with van der Waals surface area (Å²) in [5.41, 5.74) is 0. The van der Waals surface area contributed by atoms with Crippen molar-refractivity contribution in [2.24, 2.45) is 5.92 Å². The second kappa shape index (κ2) is 12.8. The molecule has 1 aliphatic rings. The highest BCUT2D eigenvalue weighted by Gasteiger charge is 2.29. The van der Waals surface area contributed by atoms with Crippen LogP contribution in [0.1, 0.15) is 77.1 Å². The molecule has 8 heteroatoms. The second-order valence-corrected chi connectivity index (χ2v) is 8.79. The van der Waals surface area contributed by atoms with Gasteiger partial charge in [-0.15, -0.1) is 10.2 Å². The summed E-state index contributed by atoms with van der Waals surface area (Å²) in [6.07, 6.45) is 9.87. The molecule has 3 amide bonds. The number of hydrogen-bond donors (Lipinski definition) is 1. The number of unbranched alkanes of at least 4 members (excludes halogenated alkanes) is 5. The van der Waals surface area contributed by atoms with Crippen LogP contribution in [0.5, 0.6) is 0 Å². The van der Waals surface area contributed by atoms with Gasteiger partial charge in [0.15, 0.2) is 0 Å². The normalized spacial score (nSPS) is 14.8. The van der Waals surface area contributed by atoms with Gasteiger partial charge >= 0.3 is 6.03 Å². The van der Waals surface area contributed by atoms with E-state index in [0.717, 1.165) is 17.8 Å². The van der Waals surface area contributed by atoms with Gasteiger partial charge in [-0.1, -0.05) is 50.4 Å². The van der Waals surface area contributed by atoms with Crippen LogP contribution < -0.4 is 5.32 Å². The van der Waals surface area contributed by atoms with Gasteiger partial charge in [0.25, 0.3) is 0 Å². The van der Waals surface area contributed by atoms with Crippen molar-refractivity contribution in [3.8, 4) is 0 Å². The lowest BCUT2D eigenvalue weighted by molar-refractivity contribution is -0.121. The highest BCUT2D eigenvalue weighted by atomic mass is 32.1. The van der Waals surface area contributed by atoms with Crippen molar-refractivity contribution in [2.45, 2.75) is 78.6 Å². The molecule has 0 aromatic carbocycles. The molecule has 29 heavy (non-hydrogen) atoms. The average molecular weight is 424 g/mol. The van der Waals surface area contributed by atoms with E-state index in [1.165, 1.54) is 43.4 Å².